The van der Waals surface area contributed by atoms with Gasteiger partial charge >= 0.3 is 7.82 Å². The van der Waals surface area contributed by atoms with E-state index in [0.717, 1.165) is 38.5 Å². The van der Waals surface area contributed by atoms with Crippen molar-refractivity contribution < 1.29 is 32.9 Å². The number of amides is 1. The van der Waals surface area contributed by atoms with E-state index >= 15 is 0 Å². The lowest BCUT2D eigenvalue weighted by Gasteiger charge is -2.25. The van der Waals surface area contributed by atoms with E-state index in [4.69, 9.17) is 9.05 Å². The molecule has 0 spiro atoms. The summed E-state index contributed by atoms with van der Waals surface area (Å²) in [6.45, 7) is 4.83. The third-order valence-electron chi connectivity index (χ3n) is 11.8. The van der Waals surface area contributed by atoms with E-state index in [1.807, 2.05) is 27.2 Å². The molecule has 0 radical (unpaired) electrons. The maximum absolute atomic E-state index is 12.9. The van der Waals surface area contributed by atoms with Crippen molar-refractivity contribution in [2.45, 2.75) is 264 Å². The van der Waals surface area contributed by atoms with Gasteiger partial charge in [-0.05, 0) is 19.3 Å². The van der Waals surface area contributed by atoms with Crippen molar-refractivity contribution in [3.8, 4) is 0 Å². The number of aliphatic hydroxyl groups is 1. The summed E-state index contributed by atoms with van der Waals surface area (Å²) in [5, 5.41) is 13.8. The molecule has 352 valence electrons. The van der Waals surface area contributed by atoms with E-state index in [-0.39, 0.29) is 19.1 Å². The number of quaternary nitrogens is 1. The molecule has 3 N–H and O–H groups in total. The predicted octanol–water partition coefficient (Wildman–Crippen LogP) is 14.7. The van der Waals surface area contributed by atoms with Crippen LogP contribution in [0.5, 0.6) is 0 Å². The Morgan fingerprint density at radius 3 is 1.25 bits per heavy atom. The van der Waals surface area contributed by atoms with E-state index < -0.39 is 20.0 Å². The third-order valence-corrected chi connectivity index (χ3v) is 12.7. The maximum atomic E-state index is 12.9. The van der Waals surface area contributed by atoms with Crippen molar-refractivity contribution in [1.82, 2.24) is 5.32 Å². The van der Waals surface area contributed by atoms with Crippen LogP contribution in [0, 0.1) is 0 Å². The number of unbranched alkanes of at least 4 members (excludes halogenated alkanes) is 34. The second-order valence-corrected chi connectivity index (χ2v) is 20.4. The molecule has 1 amide bonds. The highest BCUT2D eigenvalue weighted by molar-refractivity contribution is 7.47. The summed E-state index contributed by atoms with van der Waals surface area (Å²) in [4.78, 5) is 23.2. The van der Waals surface area contributed by atoms with Crippen LogP contribution in [0.2, 0.25) is 0 Å². The van der Waals surface area contributed by atoms with Crippen LogP contribution in [-0.4, -0.2) is 73.4 Å². The standard InChI is InChI=1S/C50H101N2O6P/c1-6-8-10-12-14-16-18-20-21-22-23-24-25-26-27-28-29-30-31-32-34-36-38-40-42-44-50(54)51-48(47-58-59(55,56)57-46-45-52(3,4)5)49(53)43-41-39-37-35-33-19-17-15-13-11-9-7-2/h41,43,48-49,53H,6-40,42,44-47H2,1-5H3,(H-,51,54,55,56)/p+1/b43-41+. The minimum atomic E-state index is -4.33. The van der Waals surface area contributed by atoms with Gasteiger partial charge in [0.25, 0.3) is 0 Å². The van der Waals surface area contributed by atoms with Gasteiger partial charge in [0.2, 0.25) is 5.91 Å². The number of rotatable bonds is 47. The van der Waals surface area contributed by atoms with Gasteiger partial charge in [-0.3, -0.25) is 13.8 Å². The number of allylic oxidation sites excluding steroid dienone is 1. The van der Waals surface area contributed by atoms with Gasteiger partial charge in [0.05, 0.1) is 39.9 Å². The number of likely N-dealkylation sites (N-methyl/N-ethyl adjacent to an activating group) is 1. The zero-order valence-corrected chi connectivity index (χ0v) is 40.9. The SMILES string of the molecule is CCCCCCCCCCCC/C=C/C(O)C(COP(=O)(O)OCC[N+](C)(C)C)NC(=O)CCCCCCCCCCCCCCCCCCCCCCCCCCC. The highest BCUT2D eigenvalue weighted by Gasteiger charge is 2.27. The number of aliphatic hydroxyl groups excluding tert-OH is 1. The number of carbonyl (C=O) groups is 1. The third kappa shape index (κ3) is 45.1. The number of phosphoric acid groups is 1. The zero-order valence-electron chi connectivity index (χ0n) is 40.0. The van der Waals surface area contributed by atoms with Crippen LogP contribution < -0.4 is 5.32 Å². The quantitative estimate of drug-likeness (QED) is 0.0244. The summed E-state index contributed by atoms with van der Waals surface area (Å²) in [5.74, 6) is -0.173. The van der Waals surface area contributed by atoms with Gasteiger partial charge in [0.15, 0.2) is 0 Å². The number of hydrogen-bond acceptors (Lipinski definition) is 5. The van der Waals surface area contributed by atoms with Crippen LogP contribution in [0.4, 0.5) is 0 Å². The van der Waals surface area contributed by atoms with Crippen molar-refractivity contribution in [2.24, 2.45) is 0 Å². The Balaban J connectivity index is 4.13. The van der Waals surface area contributed by atoms with Crippen molar-refractivity contribution in [3.05, 3.63) is 12.2 Å². The van der Waals surface area contributed by atoms with Crippen LogP contribution in [0.1, 0.15) is 251 Å². The second kappa shape index (κ2) is 42.5. The normalized spacial score (nSPS) is 14.2. The van der Waals surface area contributed by atoms with Crippen LogP contribution in [-0.2, 0) is 18.4 Å². The van der Waals surface area contributed by atoms with E-state index in [0.29, 0.717) is 17.4 Å². The van der Waals surface area contributed by atoms with Crippen molar-refractivity contribution >= 4 is 13.7 Å². The molecule has 0 aliphatic heterocycles. The van der Waals surface area contributed by atoms with Gasteiger partial charge in [0.1, 0.15) is 13.2 Å². The second-order valence-electron chi connectivity index (χ2n) is 18.9. The summed E-state index contributed by atoms with van der Waals surface area (Å²) in [5.41, 5.74) is 0. The largest absolute Gasteiger partial charge is 0.472 e. The Hall–Kier alpha value is -0.760. The van der Waals surface area contributed by atoms with Gasteiger partial charge in [-0.15, -0.1) is 0 Å². The van der Waals surface area contributed by atoms with Gasteiger partial charge in [-0.2, -0.15) is 0 Å². The molecule has 59 heavy (non-hydrogen) atoms. The smallest absolute Gasteiger partial charge is 0.387 e. The van der Waals surface area contributed by atoms with Crippen LogP contribution in [0.25, 0.3) is 0 Å². The molecule has 0 rings (SSSR count). The number of carbonyl (C=O) groups excluding carboxylic acids is 1. The van der Waals surface area contributed by atoms with Crippen molar-refractivity contribution in [3.63, 3.8) is 0 Å². The molecule has 0 heterocycles. The first kappa shape index (κ1) is 58.2. The van der Waals surface area contributed by atoms with Crippen LogP contribution in [0.3, 0.4) is 0 Å². The highest BCUT2D eigenvalue weighted by atomic mass is 31.2. The molecule has 0 aromatic rings. The minimum absolute atomic E-state index is 0.0647. The van der Waals surface area contributed by atoms with Crippen molar-refractivity contribution in [1.29, 1.82) is 0 Å². The van der Waals surface area contributed by atoms with Gasteiger partial charge in [-0.1, -0.05) is 238 Å². The molecular formula is C50H102N2O6P+. The molecule has 9 heteroatoms. The fraction of sp³-hybridized carbons (Fsp3) is 0.940. The topological polar surface area (TPSA) is 105 Å². The Morgan fingerprint density at radius 2 is 0.898 bits per heavy atom. The van der Waals surface area contributed by atoms with E-state index in [1.54, 1.807) is 6.08 Å². The van der Waals surface area contributed by atoms with Crippen molar-refractivity contribution in [2.75, 3.05) is 40.9 Å². The summed E-state index contributed by atoms with van der Waals surface area (Å²) in [7, 11) is 1.58. The zero-order chi connectivity index (χ0) is 43.6. The minimum Gasteiger partial charge on any atom is -0.387 e. The van der Waals surface area contributed by atoms with Crippen LogP contribution >= 0.6 is 7.82 Å². The molecule has 0 aromatic carbocycles. The fourth-order valence-electron chi connectivity index (χ4n) is 7.69. The lowest BCUT2D eigenvalue weighted by atomic mass is 10.0. The lowest BCUT2D eigenvalue weighted by molar-refractivity contribution is -0.870. The van der Waals surface area contributed by atoms with E-state index in [2.05, 4.69) is 19.2 Å². The average molecular weight is 858 g/mol. The predicted molar refractivity (Wildman–Crippen MR) is 254 cm³/mol. The molecule has 0 fully saturated rings. The molecule has 8 nitrogen and oxygen atoms in total. The molecule has 3 unspecified atom stereocenters. The molecule has 3 atom stereocenters. The number of hydrogen-bond donors (Lipinski definition) is 3. The first-order chi connectivity index (χ1) is 28.5. The van der Waals surface area contributed by atoms with Gasteiger partial charge in [-0.25, -0.2) is 4.57 Å². The molecule has 0 aromatic heterocycles. The molecular weight excluding hydrogens is 756 g/mol. The van der Waals surface area contributed by atoms with Gasteiger partial charge in [0, 0.05) is 6.42 Å². The van der Waals surface area contributed by atoms with Gasteiger partial charge < -0.3 is 19.8 Å². The van der Waals surface area contributed by atoms with E-state index in [1.165, 1.54) is 193 Å². The molecule has 0 bridgehead atoms. The maximum Gasteiger partial charge on any atom is 0.472 e. The average Bonchev–Trinajstić information content (AvgIpc) is 3.19. The summed E-state index contributed by atoms with van der Waals surface area (Å²) in [6.07, 6.45) is 50.1. The summed E-state index contributed by atoms with van der Waals surface area (Å²) < 4.78 is 23.6. The fourth-order valence-corrected chi connectivity index (χ4v) is 8.43. The Labute approximate surface area is 367 Å². The number of nitrogens with zero attached hydrogens (tertiary/aromatic N) is 1. The summed E-state index contributed by atoms with van der Waals surface area (Å²) in [6, 6.07) is -0.840. The molecule has 0 saturated carbocycles. The molecule has 0 aliphatic rings. The monoisotopic (exact) mass is 858 g/mol. The molecule has 0 aliphatic carbocycles. The lowest BCUT2D eigenvalue weighted by Crippen LogP contribution is -2.45. The summed E-state index contributed by atoms with van der Waals surface area (Å²) >= 11 is 0. The number of phosphoric ester groups is 1. The van der Waals surface area contributed by atoms with Crippen LogP contribution in [0.15, 0.2) is 12.2 Å². The first-order valence-corrected chi connectivity index (χ1v) is 27.1. The Bertz CT molecular complexity index is 974. The number of nitrogens with one attached hydrogen (secondary N) is 1. The Morgan fingerprint density at radius 1 is 0.559 bits per heavy atom. The highest BCUT2D eigenvalue weighted by Crippen LogP contribution is 2.43. The molecule has 0 saturated heterocycles. The first-order valence-electron chi connectivity index (χ1n) is 25.6. The Kier molecular flexibility index (Phi) is 42.0. The van der Waals surface area contributed by atoms with E-state index in [9.17, 15) is 19.4 Å².